The van der Waals surface area contributed by atoms with Crippen LogP contribution in [0.4, 0.5) is 0 Å². The summed E-state index contributed by atoms with van der Waals surface area (Å²) in [7, 11) is 1.93. The molecule has 0 amide bonds. The fraction of sp³-hybridized carbons (Fsp3) is 0.538. The molecule has 2 aromatic heterocycles. The highest BCUT2D eigenvalue weighted by molar-refractivity contribution is 5.05. The molecule has 2 aromatic rings. The second kappa shape index (κ2) is 5.82. The van der Waals surface area contributed by atoms with E-state index in [1.165, 1.54) is 0 Å². The molecular formula is C13H21N5. The van der Waals surface area contributed by atoms with Crippen LogP contribution in [0, 0.1) is 0 Å². The smallest absolute Gasteiger partial charge is 0.0791 e. The van der Waals surface area contributed by atoms with E-state index in [1.54, 1.807) is 0 Å². The summed E-state index contributed by atoms with van der Waals surface area (Å²) in [6.45, 7) is 6.03. The van der Waals surface area contributed by atoms with Crippen molar-refractivity contribution in [2.75, 3.05) is 0 Å². The van der Waals surface area contributed by atoms with Gasteiger partial charge in [-0.25, -0.2) is 0 Å². The fourth-order valence-corrected chi connectivity index (χ4v) is 1.88. The van der Waals surface area contributed by atoms with Crippen molar-refractivity contribution < 1.29 is 0 Å². The zero-order valence-corrected chi connectivity index (χ0v) is 11.3. The van der Waals surface area contributed by atoms with Crippen molar-refractivity contribution >= 4 is 0 Å². The minimum Gasteiger partial charge on any atom is -0.303 e. The Morgan fingerprint density at radius 1 is 1.28 bits per heavy atom. The summed E-state index contributed by atoms with van der Waals surface area (Å²) in [4.78, 5) is 0. The lowest BCUT2D eigenvalue weighted by Crippen LogP contribution is -2.19. The van der Waals surface area contributed by atoms with E-state index in [2.05, 4.69) is 35.4 Å². The lowest BCUT2D eigenvalue weighted by atomic mass is 10.2. The number of aryl methyl sites for hydroxylation is 2. The molecule has 0 bridgehead atoms. The van der Waals surface area contributed by atoms with Gasteiger partial charge < -0.3 is 5.32 Å². The quantitative estimate of drug-likeness (QED) is 0.848. The first-order valence-corrected chi connectivity index (χ1v) is 6.44. The molecule has 0 aliphatic carbocycles. The van der Waals surface area contributed by atoms with E-state index < -0.39 is 0 Å². The summed E-state index contributed by atoms with van der Waals surface area (Å²) in [5.74, 6) is 0. The first-order valence-electron chi connectivity index (χ1n) is 6.44. The maximum Gasteiger partial charge on any atom is 0.0791 e. The monoisotopic (exact) mass is 247 g/mol. The van der Waals surface area contributed by atoms with Crippen LogP contribution in [0.3, 0.4) is 0 Å². The summed E-state index contributed by atoms with van der Waals surface area (Å²) >= 11 is 0. The molecular weight excluding hydrogens is 226 g/mol. The molecule has 2 rings (SSSR count). The van der Waals surface area contributed by atoms with E-state index in [1.807, 2.05) is 34.9 Å². The largest absolute Gasteiger partial charge is 0.303 e. The van der Waals surface area contributed by atoms with Crippen LogP contribution in [0.2, 0.25) is 0 Å². The van der Waals surface area contributed by atoms with E-state index in [-0.39, 0.29) is 6.04 Å². The first kappa shape index (κ1) is 12.8. The number of aromatic nitrogens is 4. The molecule has 0 saturated carbocycles. The van der Waals surface area contributed by atoms with Gasteiger partial charge in [0.05, 0.1) is 11.4 Å². The average Bonchev–Trinajstić information content (AvgIpc) is 2.96. The average molecular weight is 247 g/mol. The molecule has 18 heavy (non-hydrogen) atoms. The molecule has 0 aliphatic rings. The van der Waals surface area contributed by atoms with Gasteiger partial charge >= 0.3 is 0 Å². The van der Waals surface area contributed by atoms with Crippen LogP contribution in [-0.4, -0.2) is 19.6 Å². The highest BCUT2D eigenvalue weighted by atomic mass is 15.3. The Hall–Kier alpha value is -1.62. The molecule has 1 atom stereocenters. The highest BCUT2D eigenvalue weighted by Gasteiger charge is 2.08. The van der Waals surface area contributed by atoms with Crippen LogP contribution in [-0.2, 0) is 20.1 Å². The maximum atomic E-state index is 4.50. The molecule has 98 valence electrons. The minimum atomic E-state index is 0.238. The zero-order valence-electron chi connectivity index (χ0n) is 11.3. The second-order valence-electron chi connectivity index (χ2n) is 4.59. The van der Waals surface area contributed by atoms with E-state index in [4.69, 9.17) is 0 Å². The van der Waals surface area contributed by atoms with Gasteiger partial charge in [0.15, 0.2) is 0 Å². The van der Waals surface area contributed by atoms with Gasteiger partial charge in [-0.1, -0.05) is 6.92 Å². The zero-order chi connectivity index (χ0) is 13.0. The summed E-state index contributed by atoms with van der Waals surface area (Å²) < 4.78 is 3.81. The highest BCUT2D eigenvalue weighted by Crippen LogP contribution is 2.09. The molecule has 0 fully saturated rings. The van der Waals surface area contributed by atoms with Crippen molar-refractivity contribution in [2.45, 2.75) is 39.4 Å². The van der Waals surface area contributed by atoms with Gasteiger partial charge in [-0.3, -0.25) is 9.36 Å². The normalized spacial score (nSPS) is 12.8. The lowest BCUT2D eigenvalue weighted by Gasteiger charge is -2.09. The van der Waals surface area contributed by atoms with Crippen molar-refractivity contribution in [3.05, 3.63) is 35.9 Å². The number of nitrogens with one attached hydrogen (secondary N) is 1. The molecule has 1 unspecified atom stereocenters. The molecule has 0 spiro atoms. The summed E-state index contributed by atoms with van der Waals surface area (Å²) in [6, 6.07) is 4.34. The number of hydrogen-bond acceptors (Lipinski definition) is 3. The Bertz CT molecular complexity index is 485. The van der Waals surface area contributed by atoms with Gasteiger partial charge in [-0.2, -0.15) is 10.2 Å². The summed E-state index contributed by atoms with van der Waals surface area (Å²) in [6.07, 6.45) is 5.11. The number of rotatable bonds is 6. The fourth-order valence-electron chi connectivity index (χ4n) is 1.88. The van der Waals surface area contributed by atoms with E-state index in [0.717, 1.165) is 30.9 Å². The molecule has 5 nitrogen and oxygen atoms in total. The minimum absolute atomic E-state index is 0.238. The van der Waals surface area contributed by atoms with E-state index >= 15 is 0 Å². The van der Waals surface area contributed by atoms with Crippen LogP contribution in [0.5, 0.6) is 0 Å². The Balaban J connectivity index is 1.86. The number of nitrogens with zero attached hydrogens (tertiary/aromatic N) is 4. The van der Waals surface area contributed by atoms with Gasteiger partial charge in [-0.05, 0) is 25.5 Å². The predicted molar refractivity (Wildman–Crippen MR) is 71.0 cm³/mol. The second-order valence-corrected chi connectivity index (χ2v) is 4.59. The van der Waals surface area contributed by atoms with Crippen LogP contribution in [0.25, 0.3) is 0 Å². The third kappa shape index (κ3) is 3.20. The van der Waals surface area contributed by atoms with Crippen molar-refractivity contribution in [3.8, 4) is 0 Å². The Labute approximate surface area is 108 Å². The molecule has 0 aliphatic heterocycles. The van der Waals surface area contributed by atoms with E-state index in [9.17, 15) is 0 Å². The molecule has 1 N–H and O–H groups in total. The van der Waals surface area contributed by atoms with Gasteiger partial charge in [0.2, 0.25) is 0 Å². The molecule has 5 heteroatoms. The van der Waals surface area contributed by atoms with Gasteiger partial charge in [0, 0.05) is 38.6 Å². The predicted octanol–water partition coefficient (Wildman–Crippen LogP) is 1.88. The van der Waals surface area contributed by atoms with Crippen LogP contribution in [0.15, 0.2) is 24.5 Å². The Kier molecular flexibility index (Phi) is 4.15. The van der Waals surface area contributed by atoms with Gasteiger partial charge in [0.25, 0.3) is 0 Å². The third-order valence-electron chi connectivity index (χ3n) is 2.92. The van der Waals surface area contributed by atoms with Gasteiger partial charge in [0.1, 0.15) is 0 Å². The van der Waals surface area contributed by atoms with Crippen molar-refractivity contribution in [2.24, 2.45) is 7.05 Å². The molecule has 2 heterocycles. The lowest BCUT2D eigenvalue weighted by molar-refractivity contribution is 0.532. The molecule has 0 saturated heterocycles. The number of hydrogen-bond donors (Lipinski definition) is 1. The Morgan fingerprint density at radius 3 is 2.78 bits per heavy atom. The molecule has 0 radical (unpaired) electrons. The third-order valence-corrected chi connectivity index (χ3v) is 2.92. The summed E-state index contributed by atoms with van der Waals surface area (Å²) in [5, 5.41) is 12.3. The molecule has 0 aromatic carbocycles. The standard InChI is InChI=1S/C13H21N5/c1-4-7-18-9-5-12(15-18)10-14-11(2)13-6-8-17(3)16-13/h5-6,8-9,11,14H,4,7,10H2,1-3H3. The van der Waals surface area contributed by atoms with Crippen LogP contribution >= 0.6 is 0 Å². The van der Waals surface area contributed by atoms with Crippen molar-refractivity contribution in [3.63, 3.8) is 0 Å². The first-order chi connectivity index (χ1) is 8.69. The van der Waals surface area contributed by atoms with Crippen molar-refractivity contribution in [1.29, 1.82) is 0 Å². The topological polar surface area (TPSA) is 47.7 Å². The summed E-state index contributed by atoms with van der Waals surface area (Å²) in [5.41, 5.74) is 2.14. The Morgan fingerprint density at radius 2 is 2.11 bits per heavy atom. The van der Waals surface area contributed by atoms with Gasteiger partial charge in [-0.15, -0.1) is 0 Å². The van der Waals surface area contributed by atoms with Crippen LogP contribution in [0.1, 0.15) is 37.7 Å². The van der Waals surface area contributed by atoms with Crippen LogP contribution < -0.4 is 5.32 Å². The van der Waals surface area contributed by atoms with E-state index in [0.29, 0.717) is 0 Å². The maximum absolute atomic E-state index is 4.50. The SMILES string of the molecule is CCCn1ccc(CNC(C)c2ccn(C)n2)n1. The van der Waals surface area contributed by atoms with Crippen molar-refractivity contribution in [1.82, 2.24) is 24.9 Å².